The van der Waals surface area contributed by atoms with Crippen LogP contribution in [0.5, 0.6) is 0 Å². The van der Waals surface area contributed by atoms with E-state index in [0.717, 1.165) is 38.7 Å². The summed E-state index contributed by atoms with van der Waals surface area (Å²) in [5, 5.41) is 11.5. The van der Waals surface area contributed by atoms with Gasteiger partial charge in [0, 0.05) is 24.2 Å². The topological polar surface area (TPSA) is 102 Å². The summed E-state index contributed by atoms with van der Waals surface area (Å²) < 4.78 is 46.9. The largest absolute Gasteiger partial charge is 0.453 e. The van der Waals surface area contributed by atoms with Crippen molar-refractivity contribution in [2.75, 3.05) is 6.61 Å². The fourth-order valence-corrected chi connectivity index (χ4v) is 14.3. The molecule has 4 heterocycles. The number of esters is 1. The number of aliphatic hydroxyl groups excluding tert-OH is 1. The highest BCUT2D eigenvalue weighted by molar-refractivity contribution is 5.89. The monoisotopic (exact) mass is 819 g/mol. The van der Waals surface area contributed by atoms with Gasteiger partial charge < -0.3 is 38.3 Å². The van der Waals surface area contributed by atoms with E-state index in [1.165, 1.54) is 25.7 Å². The molecule has 21 atom stereocenters. The van der Waals surface area contributed by atoms with E-state index in [9.17, 15) is 9.90 Å². The van der Waals surface area contributed by atoms with Crippen molar-refractivity contribution in [3.63, 3.8) is 0 Å². The third-order valence-electron chi connectivity index (χ3n) is 18.3. The maximum Gasteiger partial charge on any atom is 0.338 e. The average molecular weight is 819 g/mol. The van der Waals surface area contributed by atoms with Crippen molar-refractivity contribution in [3.8, 4) is 0 Å². The lowest BCUT2D eigenvalue weighted by atomic mass is 9.47. The summed E-state index contributed by atoms with van der Waals surface area (Å²) in [6.07, 6.45) is 9.57. The first kappa shape index (κ1) is 42.5. The highest BCUT2D eigenvalue weighted by atomic mass is 16.8. The second-order valence-electron chi connectivity index (χ2n) is 21.3. The van der Waals surface area contributed by atoms with Crippen molar-refractivity contribution in [2.24, 2.45) is 64.1 Å². The molecule has 0 bridgehead atoms. The van der Waals surface area contributed by atoms with Crippen LogP contribution in [-0.2, 0) is 33.2 Å². The van der Waals surface area contributed by atoms with Gasteiger partial charge in [0.1, 0.15) is 6.10 Å². The zero-order valence-electron chi connectivity index (χ0n) is 37.3. The van der Waals surface area contributed by atoms with Crippen molar-refractivity contribution in [3.05, 3.63) is 47.5 Å². The van der Waals surface area contributed by atoms with E-state index in [-0.39, 0.29) is 47.3 Å². The van der Waals surface area contributed by atoms with Crippen LogP contribution in [0.2, 0.25) is 0 Å². The summed E-state index contributed by atoms with van der Waals surface area (Å²) in [6.45, 7) is 21.1. The van der Waals surface area contributed by atoms with Crippen molar-refractivity contribution in [1.82, 2.24) is 0 Å². The maximum absolute atomic E-state index is 13.4. The van der Waals surface area contributed by atoms with Gasteiger partial charge >= 0.3 is 5.97 Å². The molecule has 1 aromatic carbocycles. The predicted octanol–water partition coefficient (Wildman–Crippen LogP) is 9.50. The molecule has 7 fully saturated rings. The van der Waals surface area contributed by atoms with Gasteiger partial charge in [-0.1, -0.05) is 85.2 Å². The fraction of sp³-hybridized carbons (Fsp3) is 0.820. The summed E-state index contributed by atoms with van der Waals surface area (Å²) in [6, 6.07) is 9.08. The number of benzene rings is 1. The lowest BCUT2D eigenvalue weighted by Crippen LogP contribution is -2.60. The Morgan fingerprint density at radius 1 is 0.864 bits per heavy atom. The standard InChI is InChI=1S/C50H74O9/c1-10-39-42(51)30(5)44(58-46-43(29(4)28(3)32(7)54-46)57-45(52)33-14-12-11-13-15-33)47(56-39)55-35-19-21-48(8)34(24-35)16-17-36-37(48)20-22-49(9)38(36)25-40-41(49)31(6)50(59-40)23-18-27(2)26-53-50/h11-16,27-32,35-44,46-47,51H,10,17-26H2,1-9H3/t27-,28-,29+,30+,31+,32?,35+,36-,37+,38+,39?,40+,41+,42+,43?,44?,46+,47-,48+,49+,50-/m1/s1. The molecule has 0 aromatic heterocycles. The fourth-order valence-electron chi connectivity index (χ4n) is 14.3. The van der Waals surface area contributed by atoms with Crippen molar-refractivity contribution in [1.29, 1.82) is 0 Å². The molecule has 9 heteroatoms. The molecule has 9 nitrogen and oxygen atoms in total. The second-order valence-corrected chi connectivity index (χ2v) is 21.3. The molecule has 328 valence electrons. The average Bonchev–Trinajstić information content (AvgIpc) is 3.68. The van der Waals surface area contributed by atoms with Gasteiger partial charge in [-0.3, -0.25) is 0 Å². The lowest BCUT2D eigenvalue weighted by molar-refractivity contribution is -0.354. The van der Waals surface area contributed by atoms with Gasteiger partial charge in [-0.2, -0.15) is 0 Å². The number of allylic oxidation sites excluding steroid dienone is 1. The Kier molecular flexibility index (Phi) is 11.5. The molecule has 4 aliphatic carbocycles. The summed E-state index contributed by atoms with van der Waals surface area (Å²) in [5.74, 6) is 2.71. The van der Waals surface area contributed by atoms with Gasteiger partial charge in [0.2, 0.25) is 0 Å². The summed E-state index contributed by atoms with van der Waals surface area (Å²) >= 11 is 0. The summed E-state index contributed by atoms with van der Waals surface area (Å²) in [7, 11) is 0. The van der Waals surface area contributed by atoms with Crippen LogP contribution in [0.4, 0.5) is 0 Å². The number of fused-ring (bicyclic) bond motifs is 7. The van der Waals surface area contributed by atoms with Crippen molar-refractivity contribution < 1.29 is 43.1 Å². The molecule has 1 spiro atoms. The van der Waals surface area contributed by atoms with Crippen LogP contribution in [0.3, 0.4) is 0 Å². The zero-order chi connectivity index (χ0) is 41.6. The third kappa shape index (κ3) is 7.11. The highest BCUT2D eigenvalue weighted by Crippen LogP contribution is 2.70. The normalized spacial score (nSPS) is 51.9. The Labute approximate surface area is 354 Å². The second kappa shape index (κ2) is 16.1. The Bertz CT molecular complexity index is 1690. The molecule has 1 N–H and O–H groups in total. The first-order chi connectivity index (χ1) is 28.2. The van der Waals surface area contributed by atoms with Gasteiger partial charge in [-0.25, -0.2) is 4.79 Å². The van der Waals surface area contributed by atoms with Crippen LogP contribution in [-0.4, -0.2) is 78.8 Å². The van der Waals surface area contributed by atoms with E-state index in [1.807, 2.05) is 39.0 Å². The smallest absolute Gasteiger partial charge is 0.338 e. The molecule has 4 aliphatic heterocycles. The van der Waals surface area contributed by atoms with Gasteiger partial charge in [-0.05, 0) is 123 Å². The number of hydrogen-bond acceptors (Lipinski definition) is 9. The number of hydrogen-bond donors (Lipinski definition) is 1. The molecule has 4 unspecified atom stereocenters. The summed E-state index contributed by atoms with van der Waals surface area (Å²) in [4.78, 5) is 13.4. The van der Waals surface area contributed by atoms with Crippen molar-refractivity contribution >= 4 is 5.97 Å². The maximum atomic E-state index is 13.4. The minimum atomic E-state index is -0.839. The third-order valence-corrected chi connectivity index (χ3v) is 18.3. The lowest BCUT2D eigenvalue weighted by Gasteiger charge is -2.59. The molecule has 0 radical (unpaired) electrons. The van der Waals surface area contributed by atoms with Crippen LogP contribution in [0.1, 0.15) is 137 Å². The minimum Gasteiger partial charge on any atom is -0.453 e. The van der Waals surface area contributed by atoms with Crippen LogP contribution in [0.15, 0.2) is 42.0 Å². The van der Waals surface area contributed by atoms with E-state index < -0.39 is 36.9 Å². The first-order valence-corrected chi connectivity index (χ1v) is 23.7. The molecule has 0 amide bonds. The molecule has 3 saturated carbocycles. The highest BCUT2D eigenvalue weighted by Gasteiger charge is 2.69. The Hall–Kier alpha value is -1.85. The number of aliphatic hydroxyl groups is 1. The van der Waals surface area contributed by atoms with Gasteiger partial charge in [-0.15, -0.1) is 0 Å². The van der Waals surface area contributed by atoms with Crippen molar-refractivity contribution in [2.45, 2.75) is 188 Å². The number of carbonyl (C=O) groups excluding carboxylic acids is 1. The molecular weight excluding hydrogens is 745 g/mol. The number of rotatable bonds is 7. The number of carbonyl (C=O) groups is 1. The Balaban J connectivity index is 0.903. The predicted molar refractivity (Wildman–Crippen MR) is 224 cm³/mol. The molecule has 4 saturated heterocycles. The van der Waals surface area contributed by atoms with E-state index in [2.05, 4.69) is 47.6 Å². The Morgan fingerprint density at radius 3 is 2.36 bits per heavy atom. The van der Waals surface area contributed by atoms with E-state index in [0.29, 0.717) is 59.0 Å². The number of ether oxygens (including phenoxy) is 7. The van der Waals surface area contributed by atoms with E-state index in [1.54, 1.807) is 17.7 Å². The SMILES string of the molecule is CCC1O[C@@H](O[C@H]2CC[C@@]3(C)C(=CC[C@H]4[C@@H]5C[C@@H]6O[C@]7(CC[C@@H](C)CO7)[C@@H](C)[C@@H]6[C@@]5(C)CC[C@@H]43)C2)C(O[C@@H]2OC(C)[C@H](C)[C@H](C)C2OC(=O)c2ccccc2)[C@@H](C)[C@@H]1O. The quantitative estimate of drug-likeness (QED) is 0.213. The van der Waals surface area contributed by atoms with Crippen LogP contribution in [0, 0.1) is 64.1 Å². The molecule has 9 rings (SSSR count). The minimum absolute atomic E-state index is 0.0223. The van der Waals surface area contributed by atoms with Gasteiger partial charge in [0.15, 0.2) is 24.5 Å². The molecule has 1 aromatic rings. The molecule has 59 heavy (non-hydrogen) atoms. The van der Waals surface area contributed by atoms with E-state index >= 15 is 0 Å². The van der Waals surface area contributed by atoms with Crippen LogP contribution >= 0.6 is 0 Å². The van der Waals surface area contributed by atoms with E-state index in [4.69, 9.17) is 33.2 Å². The Morgan fingerprint density at radius 2 is 1.63 bits per heavy atom. The summed E-state index contributed by atoms with van der Waals surface area (Å²) in [5.41, 5.74) is 2.50. The van der Waals surface area contributed by atoms with Crippen LogP contribution in [0.25, 0.3) is 0 Å². The molecular formula is C50H74O9. The first-order valence-electron chi connectivity index (χ1n) is 23.7. The molecule has 8 aliphatic rings. The van der Waals surface area contributed by atoms with Gasteiger partial charge in [0.05, 0.1) is 42.7 Å². The van der Waals surface area contributed by atoms with Crippen LogP contribution < -0.4 is 0 Å². The zero-order valence-corrected chi connectivity index (χ0v) is 37.3. The van der Waals surface area contributed by atoms with Gasteiger partial charge in [0.25, 0.3) is 0 Å².